The number of aryl methyl sites for hydroxylation is 1. The van der Waals surface area contributed by atoms with E-state index in [4.69, 9.17) is 5.73 Å². The molecule has 1 saturated heterocycles. The van der Waals surface area contributed by atoms with E-state index in [0.717, 1.165) is 15.6 Å². The summed E-state index contributed by atoms with van der Waals surface area (Å²) in [5.74, 6) is -1.01. The van der Waals surface area contributed by atoms with Crippen molar-refractivity contribution in [3.8, 4) is 6.07 Å². The summed E-state index contributed by atoms with van der Waals surface area (Å²) in [6, 6.07) is 16.9. The highest BCUT2D eigenvalue weighted by atomic mass is 79.9. The lowest BCUT2D eigenvalue weighted by Crippen LogP contribution is -2.31. The fourth-order valence-corrected chi connectivity index (χ4v) is 4.46. The molecule has 1 aliphatic rings. The first-order chi connectivity index (χ1) is 12.9. The highest BCUT2D eigenvalue weighted by Crippen LogP contribution is 2.42. The van der Waals surface area contributed by atoms with Crippen LogP contribution in [-0.2, 0) is 16.0 Å². The molecule has 1 aliphatic heterocycles. The molecular weight excluding hydrogens is 426 g/mol. The number of benzene rings is 2. The number of nitrogens with two attached hydrogens (primary N) is 1. The standard InChI is InChI=1S/C20H16BrN3O2S/c1-12-3-2-4-13(9-12)10-17-19(26)24(15-7-5-14(21)6-8-15)20(27-17)16(11-22)18(23)25/h2-9,17H,10H2,1H3,(H2,23,25)/b20-16-/t17-/m1/s1. The summed E-state index contributed by atoms with van der Waals surface area (Å²) < 4.78 is 0.864. The van der Waals surface area contributed by atoms with Gasteiger partial charge in [-0.3, -0.25) is 14.5 Å². The lowest BCUT2D eigenvalue weighted by molar-refractivity contribution is -0.117. The Balaban J connectivity index is 2.03. The maximum atomic E-state index is 13.1. The van der Waals surface area contributed by atoms with Gasteiger partial charge in [0.2, 0.25) is 5.91 Å². The maximum absolute atomic E-state index is 13.1. The van der Waals surface area contributed by atoms with Crippen LogP contribution >= 0.6 is 27.7 Å². The minimum atomic E-state index is -0.842. The zero-order valence-corrected chi connectivity index (χ0v) is 16.9. The number of thioether (sulfide) groups is 1. The van der Waals surface area contributed by atoms with Crippen molar-refractivity contribution in [3.05, 3.63) is 74.7 Å². The number of carbonyl (C=O) groups is 2. The van der Waals surface area contributed by atoms with E-state index in [-0.39, 0.29) is 16.5 Å². The third-order valence-corrected chi connectivity index (χ3v) is 5.90. The zero-order valence-electron chi connectivity index (χ0n) is 14.5. The summed E-state index contributed by atoms with van der Waals surface area (Å²) in [5, 5.41) is 9.25. The van der Waals surface area contributed by atoms with Gasteiger partial charge in [-0.25, -0.2) is 0 Å². The SMILES string of the molecule is Cc1cccc(C[C@H]2S/C(=C(/C#N)C(N)=O)N(c3ccc(Br)cc3)C2=O)c1. The number of hydrogen-bond donors (Lipinski definition) is 1. The first-order valence-electron chi connectivity index (χ1n) is 8.16. The number of hydrogen-bond acceptors (Lipinski definition) is 4. The predicted molar refractivity (Wildman–Crippen MR) is 110 cm³/mol. The fourth-order valence-electron chi connectivity index (χ4n) is 2.88. The number of carbonyl (C=O) groups excluding carboxylic acids is 2. The molecule has 0 spiro atoms. The van der Waals surface area contributed by atoms with E-state index in [0.29, 0.717) is 12.1 Å². The highest BCUT2D eigenvalue weighted by Gasteiger charge is 2.40. The Morgan fingerprint density at radius 1 is 1.30 bits per heavy atom. The Morgan fingerprint density at radius 3 is 2.59 bits per heavy atom. The van der Waals surface area contributed by atoms with Crippen LogP contribution in [0.15, 0.2) is 63.6 Å². The summed E-state index contributed by atoms with van der Waals surface area (Å²) in [5.41, 5.74) is 7.89. The highest BCUT2D eigenvalue weighted by molar-refractivity contribution is 9.10. The smallest absolute Gasteiger partial charge is 0.262 e. The number of anilines is 1. The summed E-state index contributed by atoms with van der Waals surface area (Å²) in [7, 11) is 0. The van der Waals surface area contributed by atoms with E-state index >= 15 is 0 Å². The molecule has 0 bridgehead atoms. The van der Waals surface area contributed by atoms with Crippen molar-refractivity contribution < 1.29 is 9.59 Å². The molecule has 0 saturated carbocycles. The number of rotatable bonds is 4. The van der Waals surface area contributed by atoms with E-state index in [2.05, 4.69) is 15.9 Å². The third-order valence-electron chi connectivity index (χ3n) is 4.11. The molecule has 7 heteroatoms. The van der Waals surface area contributed by atoms with Crippen molar-refractivity contribution in [2.45, 2.75) is 18.6 Å². The summed E-state index contributed by atoms with van der Waals surface area (Å²) in [6.45, 7) is 1.99. The summed E-state index contributed by atoms with van der Waals surface area (Å²) >= 11 is 4.57. The number of halogens is 1. The fraction of sp³-hybridized carbons (Fsp3) is 0.150. The van der Waals surface area contributed by atoms with Crippen LogP contribution in [0.25, 0.3) is 0 Å². The van der Waals surface area contributed by atoms with Gasteiger partial charge in [0.1, 0.15) is 16.7 Å². The molecule has 2 aromatic rings. The van der Waals surface area contributed by atoms with Crippen LogP contribution in [-0.4, -0.2) is 17.1 Å². The van der Waals surface area contributed by atoms with Gasteiger partial charge in [-0.1, -0.05) is 57.5 Å². The van der Waals surface area contributed by atoms with Gasteiger partial charge in [-0.2, -0.15) is 5.26 Å². The van der Waals surface area contributed by atoms with Crippen molar-refractivity contribution in [1.82, 2.24) is 0 Å². The summed E-state index contributed by atoms with van der Waals surface area (Å²) in [4.78, 5) is 26.3. The van der Waals surface area contributed by atoms with Crippen molar-refractivity contribution in [3.63, 3.8) is 0 Å². The summed E-state index contributed by atoms with van der Waals surface area (Å²) in [6.07, 6.45) is 0.499. The Hall–Kier alpha value is -2.56. The van der Waals surface area contributed by atoms with E-state index in [1.54, 1.807) is 24.3 Å². The number of nitriles is 1. The Kier molecular flexibility index (Phi) is 5.68. The van der Waals surface area contributed by atoms with Gasteiger partial charge < -0.3 is 5.73 Å². The second-order valence-corrected chi connectivity index (χ2v) is 8.21. The van der Waals surface area contributed by atoms with Crippen molar-refractivity contribution in [1.29, 1.82) is 5.26 Å². The molecule has 2 aromatic carbocycles. The topological polar surface area (TPSA) is 87.2 Å². The minimum absolute atomic E-state index is 0.173. The molecular formula is C20H16BrN3O2S. The molecule has 1 heterocycles. The van der Waals surface area contributed by atoms with Crippen LogP contribution in [0.1, 0.15) is 11.1 Å². The average molecular weight is 442 g/mol. The molecule has 2 amide bonds. The van der Waals surface area contributed by atoms with Crippen molar-refractivity contribution in [2.75, 3.05) is 4.90 Å². The van der Waals surface area contributed by atoms with Gasteiger partial charge in [0.05, 0.1) is 5.25 Å². The molecule has 3 rings (SSSR count). The van der Waals surface area contributed by atoms with Gasteiger partial charge in [-0.05, 0) is 43.2 Å². The van der Waals surface area contributed by atoms with Gasteiger partial charge in [0.25, 0.3) is 5.91 Å². The average Bonchev–Trinajstić information content (AvgIpc) is 2.92. The van der Waals surface area contributed by atoms with Crippen LogP contribution < -0.4 is 10.6 Å². The van der Waals surface area contributed by atoms with E-state index in [1.165, 1.54) is 16.7 Å². The van der Waals surface area contributed by atoms with Crippen molar-refractivity contribution >= 4 is 45.2 Å². The van der Waals surface area contributed by atoms with Crippen LogP contribution in [0.2, 0.25) is 0 Å². The third kappa shape index (κ3) is 4.07. The molecule has 5 nitrogen and oxygen atoms in total. The first-order valence-corrected chi connectivity index (χ1v) is 9.84. The predicted octanol–water partition coefficient (Wildman–Crippen LogP) is 3.67. The molecule has 0 aliphatic carbocycles. The second-order valence-electron chi connectivity index (χ2n) is 6.11. The number of nitrogens with zero attached hydrogens (tertiary/aromatic N) is 2. The Bertz CT molecular complexity index is 979. The van der Waals surface area contributed by atoms with Crippen LogP contribution in [0.3, 0.4) is 0 Å². The quantitative estimate of drug-likeness (QED) is 0.578. The minimum Gasteiger partial charge on any atom is -0.365 e. The molecule has 136 valence electrons. The molecule has 2 N–H and O–H groups in total. The van der Waals surface area contributed by atoms with Gasteiger partial charge in [0.15, 0.2) is 0 Å². The van der Waals surface area contributed by atoms with Crippen LogP contribution in [0.5, 0.6) is 0 Å². The first kappa shape index (κ1) is 19.2. The maximum Gasteiger partial charge on any atom is 0.262 e. The second kappa shape index (κ2) is 7.99. The van der Waals surface area contributed by atoms with Crippen molar-refractivity contribution in [2.24, 2.45) is 5.73 Å². The lowest BCUT2D eigenvalue weighted by atomic mass is 10.1. The van der Waals surface area contributed by atoms with E-state index in [1.807, 2.05) is 37.3 Å². The van der Waals surface area contributed by atoms with Gasteiger partial charge >= 0.3 is 0 Å². The number of amides is 2. The Labute approximate surface area is 170 Å². The Morgan fingerprint density at radius 2 is 2.00 bits per heavy atom. The molecule has 0 unspecified atom stereocenters. The zero-order chi connectivity index (χ0) is 19.6. The van der Waals surface area contributed by atoms with E-state index in [9.17, 15) is 14.9 Å². The largest absolute Gasteiger partial charge is 0.365 e. The van der Waals surface area contributed by atoms with Crippen LogP contribution in [0.4, 0.5) is 5.69 Å². The van der Waals surface area contributed by atoms with Crippen LogP contribution in [0, 0.1) is 18.3 Å². The van der Waals surface area contributed by atoms with E-state index < -0.39 is 11.2 Å². The van der Waals surface area contributed by atoms with Gasteiger partial charge in [0, 0.05) is 10.2 Å². The molecule has 0 aromatic heterocycles. The monoisotopic (exact) mass is 441 g/mol. The molecule has 27 heavy (non-hydrogen) atoms. The lowest BCUT2D eigenvalue weighted by Gasteiger charge is -2.18. The normalized spacial score (nSPS) is 18.3. The molecule has 1 fully saturated rings. The number of primary amides is 1. The molecule has 0 radical (unpaired) electrons. The molecule has 1 atom stereocenters. The van der Waals surface area contributed by atoms with Gasteiger partial charge in [-0.15, -0.1) is 0 Å².